The predicted octanol–water partition coefficient (Wildman–Crippen LogP) is 2.60. The minimum absolute atomic E-state index is 0.0378. The van der Waals surface area contributed by atoms with Crippen molar-refractivity contribution in [3.8, 4) is 11.5 Å². The maximum atomic E-state index is 13.1. The van der Waals surface area contributed by atoms with Crippen molar-refractivity contribution in [1.29, 1.82) is 0 Å². The van der Waals surface area contributed by atoms with Gasteiger partial charge in [-0.05, 0) is 49.8 Å². The van der Waals surface area contributed by atoms with Crippen LogP contribution >= 0.6 is 0 Å². The molecular formula is C18H22F2N2O4. The lowest BCUT2D eigenvalue weighted by Gasteiger charge is -2.28. The van der Waals surface area contributed by atoms with Gasteiger partial charge >= 0.3 is 6.29 Å². The van der Waals surface area contributed by atoms with Gasteiger partial charge in [0.1, 0.15) is 0 Å². The van der Waals surface area contributed by atoms with E-state index in [1.807, 2.05) is 0 Å². The zero-order valence-corrected chi connectivity index (χ0v) is 14.3. The highest BCUT2D eigenvalue weighted by atomic mass is 19.3. The number of amides is 1. The van der Waals surface area contributed by atoms with Crippen LogP contribution in [0, 0.1) is 5.92 Å². The third-order valence-electron chi connectivity index (χ3n) is 4.78. The van der Waals surface area contributed by atoms with Crippen molar-refractivity contribution >= 4 is 11.7 Å². The Morgan fingerprint density at radius 1 is 1.15 bits per heavy atom. The van der Waals surface area contributed by atoms with Crippen LogP contribution in [0.3, 0.4) is 0 Å². The summed E-state index contributed by atoms with van der Waals surface area (Å²) >= 11 is 0. The highest BCUT2D eigenvalue weighted by molar-refractivity contribution is 5.96. The van der Waals surface area contributed by atoms with Crippen molar-refractivity contribution in [1.82, 2.24) is 5.32 Å². The van der Waals surface area contributed by atoms with Crippen molar-refractivity contribution in [3.05, 3.63) is 23.8 Å². The summed E-state index contributed by atoms with van der Waals surface area (Å²) in [6.45, 7) is 0.331. The molecule has 3 N–H and O–H groups in total. The van der Waals surface area contributed by atoms with Gasteiger partial charge in [0, 0.05) is 31.0 Å². The zero-order chi connectivity index (χ0) is 18.7. The van der Waals surface area contributed by atoms with Crippen LogP contribution in [-0.2, 0) is 4.79 Å². The summed E-state index contributed by atoms with van der Waals surface area (Å²) < 4.78 is 34.8. The summed E-state index contributed by atoms with van der Waals surface area (Å²) in [6, 6.07) is 4.24. The summed E-state index contributed by atoms with van der Waals surface area (Å²) in [5.74, 6) is -0.115. The van der Waals surface area contributed by atoms with Gasteiger partial charge in [0.05, 0.1) is 0 Å². The molecule has 0 unspecified atom stereocenters. The topological polar surface area (TPSA) is 90.7 Å². The maximum absolute atomic E-state index is 13.1. The number of carbonyl (C=O) groups excluding carboxylic acids is 2. The van der Waals surface area contributed by atoms with Gasteiger partial charge in [0.2, 0.25) is 5.91 Å². The normalized spacial score (nSPS) is 23.5. The van der Waals surface area contributed by atoms with Gasteiger partial charge in [0.25, 0.3) is 0 Å². The smallest absolute Gasteiger partial charge is 0.395 e. The summed E-state index contributed by atoms with van der Waals surface area (Å²) in [7, 11) is 0. The van der Waals surface area contributed by atoms with Gasteiger partial charge in [0.15, 0.2) is 17.3 Å². The number of halogens is 2. The Morgan fingerprint density at radius 3 is 2.54 bits per heavy atom. The number of ketones is 1. The molecular weight excluding hydrogens is 346 g/mol. The summed E-state index contributed by atoms with van der Waals surface area (Å²) in [6.07, 6.45) is 0.297. The van der Waals surface area contributed by atoms with Gasteiger partial charge in [-0.25, -0.2) is 0 Å². The van der Waals surface area contributed by atoms with Crippen molar-refractivity contribution in [2.75, 3.05) is 6.54 Å². The fourth-order valence-electron chi connectivity index (χ4n) is 3.44. The van der Waals surface area contributed by atoms with Crippen LogP contribution in [0.15, 0.2) is 18.2 Å². The van der Waals surface area contributed by atoms with Gasteiger partial charge in [-0.1, -0.05) is 0 Å². The van der Waals surface area contributed by atoms with E-state index in [4.69, 9.17) is 5.73 Å². The van der Waals surface area contributed by atoms with E-state index in [9.17, 15) is 18.4 Å². The molecule has 1 fully saturated rings. The molecule has 26 heavy (non-hydrogen) atoms. The largest absolute Gasteiger partial charge is 0.586 e. The van der Waals surface area contributed by atoms with Crippen molar-refractivity contribution in [2.24, 2.45) is 11.7 Å². The molecule has 1 saturated carbocycles. The lowest BCUT2D eigenvalue weighted by molar-refractivity contribution is -0.286. The number of alkyl halides is 2. The van der Waals surface area contributed by atoms with Crippen LogP contribution in [-0.4, -0.2) is 30.6 Å². The summed E-state index contributed by atoms with van der Waals surface area (Å²) in [4.78, 5) is 24.0. The van der Waals surface area contributed by atoms with Crippen LogP contribution in [0.5, 0.6) is 11.5 Å². The molecule has 1 amide bonds. The number of rotatable bonds is 6. The van der Waals surface area contributed by atoms with E-state index in [2.05, 4.69) is 14.8 Å². The third-order valence-corrected chi connectivity index (χ3v) is 4.78. The van der Waals surface area contributed by atoms with Crippen molar-refractivity contribution in [3.63, 3.8) is 0 Å². The highest BCUT2D eigenvalue weighted by Crippen LogP contribution is 2.41. The number of fused-ring (bicyclic) bond motifs is 1. The van der Waals surface area contributed by atoms with Crippen molar-refractivity contribution in [2.45, 2.75) is 50.9 Å². The first kappa shape index (κ1) is 18.6. The number of nitrogens with two attached hydrogens (primary N) is 1. The van der Waals surface area contributed by atoms with Crippen LogP contribution < -0.4 is 20.5 Å². The SMILES string of the molecule is NCCC(=O)NC1CCC(CC(=O)c2ccc3c(c2)OC(F)(F)O3)CC1. The maximum Gasteiger partial charge on any atom is 0.586 e. The van der Waals surface area contributed by atoms with Gasteiger partial charge in [-0.3, -0.25) is 9.59 Å². The molecule has 142 valence electrons. The molecule has 6 nitrogen and oxygen atoms in total. The Balaban J connectivity index is 1.50. The van der Waals surface area contributed by atoms with E-state index in [1.54, 1.807) is 0 Å². The summed E-state index contributed by atoms with van der Waals surface area (Å²) in [5, 5.41) is 2.96. The minimum atomic E-state index is -3.68. The first-order chi connectivity index (χ1) is 12.4. The molecule has 0 saturated heterocycles. The number of benzene rings is 1. The van der Waals surface area contributed by atoms with E-state index >= 15 is 0 Å². The molecule has 0 bridgehead atoms. The third kappa shape index (κ3) is 4.49. The van der Waals surface area contributed by atoms with Crippen LogP contribution in [0.4, 0.5) is 8.78 Å². The molecule has 2 aliphatic rings. The minimum Gasteiger partial charge on any atom is -0.395 e. The molecule has 8 heteroatoms. The molecule has 1 heterocycles. The Hall–Kier alpha value is -2.22. The Morgan fingerprint density at radius 2 is 1.85 bits per heavy atom. The Bertz CT molecular complexity index is 688. The first-order valence-corrected chi connectivity index (χ1v) is 8.79. The number of hydrogen-bond acceptors (Lipinski definition) is 5. The number of carbonyl (C=O) groups is 2. The molecule has 0 spiro atoms. The van der Waals surface area contributed by atoms with E-state index in [0.717, 1.165) is 25.7 Å². The summed E-state index contributed by atoms with van der Waals surface area (Å²) in [5.41, 5.74) is 5.70. The second-order valence-electron chi connectivity index (χ2n) is 6.78. The first-order valence-electron chi connectivity index (χ1n) is 8.79. The predicted molar refractivity (Wildman–Crippen MR) is 89.2 cm³/mol. The molecule has 0 atom stereocenters. The molecule has 1 aromatic carbocycles. The number of Topliss-reactive ketones (excluding diaryl/α,β-unsaturated/α-hetero) is 1. The molecule has 1 aliphatic heterocycles. The second kappa shape index (κ2) is 7.57. The Kier molecular flexibility index (Phi) is 5.41. The zero-order valence-electron chi connectivity index (χ0n) is 14.3. The molecule has 0 aromatic heterocycles. The van der Waals surface area contributed by atoms with E-state index in [0.29, 0.717) is 24.9 Å². The molecule has 1 aromatic rings. The number of nitrogens with one attached hydrogen (secondary N) is 1. The highest BCUT2D eigenvalue weighted by Gasteiger charge is 2.43. The fourth-order valence-corrected chi connectivity index (χ4v) is 3.44. The molecule has 0 radical (unpaired) electrons. The van der Waals surface area contributed by atoms with Gasteiger partial charge < -0.3 is 20.5 Å². The molecule has 1 aliphatic carbocycles. The van der Waals surface area contributed by atoms with Gasteiger partial charge in [-0.2, -0.15) is 0 Å². The van der Waals surface area contributed by atoms with E-state index in [1.165, 1.54) is 18.2 Å². The standard InChI is InChI=1S/C18H22F2N2O4/c19-18(20)25-15-6-3-12(10-16(15)26-18)14(23)9-11-1-4-13(5-2-11)22-17(24)7-8-21/h3,6,10-11,13H,1-2,4-5,7-9,21H2,(H,22,24). The van der Waals surface area contributed by atoms with Crippen LogP contribution in [0.2, 0.25) is 0 Å². The number of ether oxygens (including phenoxy) is 2. The molecule has 3 rings (SSSR count). The Labute approximate surface area is 150 Å². The average molecular weight is 368 g/mol. The van der Waals surface area contributed by atoms with Crippen LogP contribution in [0.1, 0.15) is 48.9 Å². The lowest BCUT2D eigenvalue weighted by atomic mass is 9.82. The quantitative estimate of drug-likeness (QED) is 0.753. The van der Waals surface area contributed by atoms with Gasteiger partial charge in [-0.15, -0.1) is 8.78 Å². The van der Waals surface area contributed by atoms with Crippen molar-refractivity contribution < 1.29 is 27.8 Å². The van der Waals surface area contributed by atoms with E-state index < -0.39 is 6.29 Å². The van der Waals surface area contributed by atoms with Crippen LogP contribution in [0.25, 0.3) is 0 Å². The second-order valence-corrected chi connectivity index (χ2v) is 6.78. The van der Waals surface area contributed by atoms with E-state index in [-0.39, 0.29) is 35.1 Å². The lowest BCUT2D eigenvalue weighted by Crippen LogP contribution is -2.38. The monoisotopic (exact) mass is 368 g/mol. The number of hydrogen-bond donors (Lipinski definition) is 2. The fraction of sp³-hybridized carbons (Fsp3) is 0.556. The average Bonchev–Trinajstić information content (AvgIpc) is 2.89.